The van der Waals surface area contributed by atoms with Crippen LogP contribution >= 0.6 is 0 Å². The molecule has 1 N–H and O–H groups in total. The average molecular weight is 144 g/mol. The van der Waals surface area contributed by atoms with Crippen molar-refractivity contribution in [1.29, 1.82) is 0 Å². The third-order valence-electron chi connectivity index (χ3n) is 1.51. The summed E-state index contributed by atoms with van der Waals surface area (Å²) in [5, 5.41) is 9.96. The Morgan fingerprint density at radius 3 is 3.27 bits per heavy atom. The van der Waals surface area contributed by atoms with Crippen LogP contribution in [0.3, 0.4) is 0 Å². The van der Waals surface area contributed by atoms with Crippen molar-refractivity contribution in [2.75, 3.05) is 0 Å². The second kappa shape index (κ2) is 2.23. The summed E-state index contributed by atoms with van der Waals surface area (Å²) in [5.41, 5.74) is 0.876. The van der Waals surface area contributed by atoms with Crippen LogP contribution in [0.25, 0.3) is 10.9 Å². The molecule has 0 saturated heterocycles. The highest BCUT2D eigenvalue weighted by Crippen LogP contribution is 2.15. The highest BCUT2D eigenvalue weighted by Gasteiger charge is 1.92. The lowest BCUT2D eigenvalue weighted by molar-refractivity contribution is 0.474. The molecule has 0 aliphatic heterocycles. The second-order valence-electron chi connectivity index (χ2n) is 2.31. The van der Waals surface area contributed by atoms with Gasteiger partial charge in [0.25, 0.3) is 0 Å². The fourth-order valence-electron chi connectivity index (χ4n) is 1.00. The van der Waals surface area contributed by atoms with Crippen LogP contribution < -0.4 is 0 Å². The quantitative estimate of drug-likeness (QED) is 0.611. The Morgan fingerprint density at radius 2 is 2.36 bits per heavy atom. The zero-order chi connectivity index (χ0) is 7.68. The maximum absolute atomic E-state index is 9.05. The van der Waals surface area contributed by atoms with E-state index in [2.05, 4.69) is 11.1 Å². The highest BCUT2D eigenvalue weighted by atomic mass is 16.3. The second-order valence-corrected chi connectivity index (χ2v) is 2.31. The summed E-state index contributed by atoms with van der Waals surface area (Å²) in [5.74, 6) is 0.192. The van der Waals surface area contributed by atoms with Crippen molar-refractivity contribution in [2.45, 2.75) is 0 Å². The molecule has 0 fully saturated rings. The number of aromatic nitrogens is 1. The van der Waals surface area contributed by atoms with Crippen LogP contribution in [0.4, 0.5) is 0 Å². The Hall–Kier alpha value is -1.57. The van der Waals surface area contributed by atoms with Crippen LogP contribution in [-0.2, 0) is 0 Å². The van der Waals surface area contributed by atoms with E-state index in [-0.39, 0.29) is 5.75 Å². The van der Waals surface area contributed by atoms with Gasteiger partial charge in [0.15, 0.2) is 0 Å². The molecular weight excluding hydrogens is 138 g/mol. The molecule has 0 aliphatic carbocycles. The molecule has 1 radical (unpaired) electrons. The van der Waals surface area contributed by atoms with Crippen LogP contribution in [0, 0.1) is 6.07 Å². The molecule has 53 valence electrons. The number of benzene rings is 1. The zero-order valence-corrected chi connectivity index (χ0v) is 5.78. The summed E-state index contributed by atoms with van der Waals surface area (Å²) in [6.07, 6.45) is 1.43. The number of pyridine rings is 1. The summed E-state index contributed by atoms with van der Waals surface area (Å²) in [7, 11) is 0. The standard InChI is InChI=1S/C9H6NO/c11-8-5-7-3-1-2-4-9(7)10-6-8/h2-6,11H. The van der Waals surface area contributed by atoms with Gasteiger partial charge in [-0.15, -0.1) is 0 Å². The molecule has 0 bridgehead atoms. The number of hydrogen-bond acceptors (Lipinski definition) is 2. The zero-order valence-electron chi connectivity index (χ0n) is 5.78. The van der Waals surface area contributed by atoms with Crippen LogP contribution in [0.15, 0.2) is 30.5 Å². The lowest BCUT2D eigenvalue weighted by atomic mass is 10.2. The van der Waals surface area contributed by atoms with E-state index in [1.165, 1.54) is 6.20 Å². The Bertz CT molecular complexity index is 384. The van der Waals surface area contributed by atoms with Crippen molar-refractivity contribution in [3.63, 3.8) is 0 Å². The van der Waals surface area contributed by atoms with Gasteiger partial charge in [-0.3, -0.25) is 4.98 Å². The lowest BCUT2D eigenvalue weighted by Crippen LogP contribution is -1.76. The number of hydrogen-bond donors (Lipinski definition) is 1. The summed E-state index contributed by atoms with van der Waals surface area (Å²) in [4.78, 5) is 4.01. The first-order valence-electron chi connectivity index (χ1n) is 3.31. The topological polar surface area (TPSA) is 33.1 Å². The fourth-order valence-corrected chi connectivity index (χ4v) is 1.00. The third kappa shape index (κ3) is 1.03. The van der Waals surface area contributed by atoms with Crippen molar-refractivity contribution in [1.82, 2.24) is 4.98 Å². The Kier molecular flexibility index (Phi) is 1.25. The lowest BCUT2D eigenvalue weighted by Gasteiger charge is -1.94. The summed E-state index contributed by atoms with van der Waals surface area (Å²) in [6.45, 7) is 0. The molecule has 1 aromatic carbocycles. The maximum Gasteiger partial charge on any atom is 0.134 e. The van der Waals surface area contributed by atoms with Gasteiger partial charge >= 0.3 is 0 Å². The van der Waals surface area contributed by atoms with E-state index in [0.717, 1.165) is 10.9 Å². The highest BCUT2D eigenvalue weighted by molar-refractivity contribution is 5.79. The van der Waals surface area contributed by atoms with Crippen molar-refractivity contribution in [3.05, 3.63) is 36.5 Å². The first kappa shape index (κ1) is 6.16. The molecule has 11 heavy (non-hydrogen) atoms. The van der Waals surface area contributed by atoms with Gasteiger partial charge in [0.2, 0.25) is 0 Å². The van der Waals surface area contributed by atoms with E-state index in [1.54, 1.807) is 18.2 Å². The van der Waals surface area contributed by atoms with E-state index in [9.17, 15) is 0 Å². The van der Waals surface area contributed by atoms with E-state index in [1.807, 2.05) is 6.07 Å². The van der Waals surface area contributed by atoms with Crippen LogP contribution in [-0.4, -0.2) is 10.1 Å². The minimum Gasteiger partial charge on any atom is -0.506 e. The largest absolute Gasteiger partial charge is 0.506 e. The molecule has 0 amide bonds. The minimum absolute atomic E-state index is 0.192. The Labute approximate surface area is 64.1 Å². The predicted octanol–water partition coefficient (Wildman–Crippen LogP) is 1.74. The van der Waals surface area contributed by atoms with Gasteiger partial charge in [-0.05, 0) is 24.3 Å². The number of nitrogens with zero attached hydrogens (tertiary/aromatic N) is 1. The SMILES string of the molecule is Oc1cnc2cc[c]cc2c1. The van der Waals surface area contributed by atoms with E-state index >= 15 is 0 Å². The summed E-state index contributed by atoms with van der Waals surface area (Å²) in [6, 6.07) is 10.0. The fraction of sp³-hybridized carbons (Fsp3) is 0. The molecule has 2 nitrogen and oxygen atoms in total. The third-order valence-corrected chi connectivity index (χ3v) is 1.51. The van der Waals surface area contributed by atoms with Gasteiger partial charge in [-0.25, -0.2) is 0 Å². The molecule has 0 aliphatic rings. The van der Waals surface area contributed by atoms with Crippen LogP contribution in [0.2, 0.25) is 0 Å². The van der Waals surface area contributed by atoms with E-state index < -0.39 is 0 Å². The number of rotatable bonds is 0. The van der Waals surface area contributed by atoms with Gasteiger partial charge in [0.1, 0.15) is 5.75 Å². The summed E-state index contributed by atoms with van der Waals surface area (Å²) < 4.78 is 0. The monoisotopic (exact) mass is 144 g/mol. The van der Waals surface area contributed by atoms with Gasteiger partial charge in [0.05, 0.1) is 11.7 Å². The maximum atomic E-state index is 9.05. The molecule has 2 rings (SSSR count). The van der Waals surface area contributed by atoms with Crippen LogP contribution in [0.1, 0.15) is 0 Å². The smallest absolute Gasteiger partial charge is 0.134 e. The molecule has 0 saturated carbocycles. The van der Waals surface area contributed by atoms with Crippen molar-refractivity contribution in [2.24, 2.45) is 0 Å². The predicted molar refractivity (Wildman–Crippen MR) is 42.2 cm³/mol. The molecule has 2 heteroatoms. The van der Waals surface area contributed by atoms with Crippen molar-refractivity contribution >= 4 is 10.9 Å². The minimum atomic E-state index is 0.192. The first-order valence-corrected chi connectivity index (χ1v) is 3.31. The summed E-state index contributed by atoms with van der Waals surface area (Å²) >= 11 is 0. The van der Waals surface area contributed by atoms with Gasteiger partial charge < -0.3 is 5.11 Å². The molecule has 0 atom stereocenters. The average Bonchev–Trinajstić information content (AvgIpc) is 2.04. The van der Waals surface area contributed by atoms with E-state index in [4.69, 9.17) is 5.11 Å². The Morgan fingerprint density at radius 1 is 1.45 bits per heavy atom. The normalized spacial score (nSPS) is 10.2. The van der Waals surface area contributed by atoms with Crippen LogP contribution in [0.5, 0.6) is 5.75 Å². The van der Waals surface area contributed by atoms with Crippen molar-refractivity contribution in [3.8, 4) is 5.75 Å². The Balaban J connectivity index is 2.83. The van der Waals surface area contributed by atoms with Crippen molar-refractivity contribution < 1.29 is 5.11 Å². The number of fused-ring (bicyclic) bond motifs is 1. The molecule has 1 aromatic heterocycles. The molecule has 0 spiro atoms. The van der Waals surface area contributed by atoms with Gasteiger partial charge in [-0.1, -0.05) is 6.07 Å². The number of aromatic hydroxyl groups is 1. The molecule has 1 heterocycles. The van der Waals surface area contributed by atoms with Gasteiger partial charge in [0, 0.05) is 5.39 Å². The molecule has 2 aromatic rings. The first-order chi connectivity index (χ1) is 5.36. The molecule has 0 unspecified atom stereocenters. The molecular formula is C9H6NO. The van der Waals surface area contributed by atoms with E-state index in [0.29, 0.717) is 0 Å². The van der Waals surface area contributed by atoms with Gasteiger partial charge in [-0.2, -0.15) is 0 Å².